The van der Waals surface area contributed by atoms with Gasteiger partial charge in [-0.15, -0.1) is 11.3 Å². The van der Waals surface area contributed by atoms with Gasteiger partial charge in [0, 0.05) is 12.5 Å². The fourth-order valence-corrected chi connectivity index (χ4v) is 3.44. The van der Waals surface area contributed by atoms with Crippen LogP contribution in [0.15, 0.2) is 18.2 Å². The van der Waals surface area contributed by atoms with Crippen LogP contribution in [0.1, 0.15) is 17.8 Å². The van der Waals surface area contributed by atoms with Gasteiger partial charge in [-0.25, -0.2) is 9.37 Å². The summed E-state index contributed by atoms with van der Waals surface area (Å²) in [5, 5.41) is 4.51. The van der Waals surface area contributed by atoms with Gasteiger partial charge in [-0.1, -0.05) is 6.92 Å². The standard InChI is InChI=1S/C12H13FN2S/c1-7-5-14-6-9(7)12-15-10-3-2-8(13)4-11(10)16-12/h2-4,7,9,14H,5-6H2,1H3/t7-,9-/m1/s1. The molecule has 16 heavy (non-hydrogen) atoms. The molecule has 1 aromatic heterocycles. The van der Waals surface area contributed by atoms with Crippen LogP contribution in [0, 0.1) is 11.7 Å². The third-order valence-corrected chi connectivity index (χ3v) is 4.35. The molecule has 1 aromatic carbocycles. The van der Waals surface area contributed by atoms with Crippen LogP contribution in [0.25, 0.3) is 10.2 Å². The van der Waals surface area contributed by atoms with Gasteiger partial charge in [0.05, 0.1) is 15.2 Å². The first-order valence-corrected chi connectivity index (χ1v) is 6.32. The number of halogens is 1. The number of fused-ring (bicyclic) bond motifs is 1. The van der Waals surface area contributed by atoms with Gasteiger partial charge in [0.1, 0.15) is 5.82 Å². The minimum Gasteiger partial charge on any atom is -0.316 e. The maximum atomic E-state index is 13.1. The Balaban J connectivity index is 2.04. The second-order valence-electron chi connectivity index (χ2n) is 4.41. The number of hydrogen-bond acceptors (Lipinski definition) is 3. The van der Waals surface area contributed by atoms with Gasteiger partial charge in [0.15, 0.2) is 0 Å². The molecule has 2 nitrogen and oxygen atoms in total. The van der Waals surface area contributed by atoms with Crippen molar-refractivity contribution in [1.82, 2.24) is 10.3 Å². The third-order valence-electron chi connectivity index (χ3n) is 3.20. The summed E-state index contributed by atoms with van der Waals surface area (Å²) in [6.45, 7) is 4.27. The highest BCUT2D eigenvalue weighted by Gasteiger charge is 2.27. The maximum Gasteiger partial charge on any atom is 0.124 e. The average molecular weight is 236 g/mol. The zero-order valence-electron chi connectivity index (χ0n) is 9.03. The number of hydrogen-bond donors (Lipinski definition) is 1. The second kappa shape index (κ2) is 3.79. The van der Waals surface area contributed by atoms with E-state index in [9.17, 15) is 4.39 Å². The van der Waals surface area contributed by atoms with Crippen LogP contribution in [-0.2, 0) is 0 Å². The van der Waals surface area contributed by atoms with E-state index in [1.165, 1.54) is 6.07 Å². The van der Waals surface area contributed by atoms with E-state index in [2.05, 4.69) is 17.2 Å². The summed E-state index contributed by atoms with van der Waals surface area (Å²) in [6, 6.07) is 4.81. The molecule has 1 fully saturated rings. The first kappa shape index (κ1) is 10.2. The van der Waals surface area contributed by atoms with Crippen LogP contribution in [0.4, 0.5) is 4.39 Å². The Hall–Kier alpha value is -1.000. The first-order chi connectivity index (χ1) is 7.74. The molecule has 0 bridgehead atoms. The zero-order valence-corrected chi connectivity index (χ0v) is 9.85. The molecule has 0 radical (unpaired) electrons. The van der Waals surface area contributed by atoms with Crippen LogP contribution < -0.4 is 5.32 Å². The normalized spacial score (nSPS) is 25.4. The second-order valence-corrected chi connectivity index (χ2v) is 5.47. The van der Waals surface area contributed by atoms with Crippen LogP contribution in [0.3, 0.4) is 0 Å². The molecule has 0 saturated carbocycles. The number of nitrogens with zero attached hydrogens (tertiary/aromatic N) is 1. The average Bonchev–Trinajstić information content (AvgIpc) is 2.82. The first-order valence-electron chi connectivity index (χ1n) is 5.51. The zero-order chi connectivity index (χ0) is 11.1. The highest BCUT2D eigenvalue weighted by molar-refractivity contribution is 7.18. The summed E-state index contributed by atoms with van der Waals surface area (Å²) in [7, 11) is 0. The predicted octanol–water partition coefficient (Wildman–Crippen LogP) is 2.76. The maximum absolute atomic E-state index is 13.1. The summed E-state index contributed by atoms with van der Waals surface area (Å²) >= 11 is 1.62. The molecule has 3 rings (SSSR count). The van der Waals surface area contributed by atoms with Crippen molar-refractivity contribution in [3.63, 3.8) is 0 Å². The molecule has 0 amide bonds. The van der Waals surface area contributed by atoms with Gasteiger partial charge in [0.2, 0.25) is 0 Å². The topological polar surface area (TPSA) is 24.9 Å². The molecule has 2 atom stereocenters. The molecule has 2 aromatic rings. The lowest BCUT2D eigenvalue weighted by Gasteiger charge is -2.09. The third kappa shape index (κ3) is 1.62. The summed E-state index contributed by atoms with van der Waals surface area (Å²) in [6.07, 6.45) is 0. The molecule has 2 heterocycles. The van der Waals surface area contributed by atoms with E-state index in [0.717, 1.165) is 28.3 Å². The number of benzene rings is 1. The van der Waals surface area contributed by atoms with E-state index in [1.807, 2.05) is 0 Å². The lowest BCUT2D eigenvalue weighted by Crippen LogP contribution is -2.07. The Kier molecular flexibility index (Phi) is 2.41. The van der Waals surface area contributed by atoms with Crippen LogP contribution in [0.5, 0.6) is 0 Å². The van der Waals surface area contributed by atoms with Gasteiger partial charge < -0.3 is 5.32 Å². The monoisotopic (exact) mass is 236 g/mol. The van der Waals surface area contributed by atoms with Crippen LogP contribution >= 0.6 is 11.3 Å². The lowest BCUT2D eigenvalue weighted by atomic mass is 9.99. The van der Waals surface area contributed by atoms with Gasteiger partial charge in [-0.2, -0.15) is 0 Å². The molecule has 0 spiro atoms. The molecule has 1 N–H and O–H groups in total. The molecule has 0 unspecified atom stereocenters. The molecular weight excluding hydrogens is 223 g/mol. The molecule has 0 aliphatic carbocycles. The predicted molar refractivity (Wildman–Crippen MR) is 64.4 cm³/mol. The summed E-state index contributed by atoms with van der Waals surface area (Å²) < 4.78 is 14.0. The molecule has 4 heteroatoms. The van der Waals surface area contributed by atoms with E-state index >= 15 is 0 Å². The highest BCUT2D eigenvalue weighted by Crippen LogP contribution is 2.33. The Morgan fingerprint density at radius 3 is 3.06 bits per heavy atom. The summed E-state index contributed by atoms with van der Waals surface area (Å²) in [5.74, 6) is 0.922. The van der Waals surface area contributed by atoms with Crippen molar-refractivity contribution in [3.05, 3.63) is 29.0 Å². The van der Waals surface area contributed by atoms with Gasteiger partial charge >= 0.3 is 0 Å². The number of thiazole rings is 1. The van der Waals surface area contributed by atoms with Crippen molar-refractivity contribution < 1.29 is 4.39 Å². The van der Waals surface area contributed by atoms with Gasteiger partial charge in [-0.05, 0) is 30.7 Å². The minimum atomic E-state index is -0.180. The van der Waals surface area contributed by atoms with Crippen molar-refractivity contribution in [2.75, 3.05) is 13.1 Å². The molecule has 84 valence electrons. The summed E-state index contributed by atoms with van der Waals surface area (Å²) in [4.78, 5) is 4.60. The molecule has 1 aliphatic heterocycles. The Labute approximate surface area is 97.5 Å². The Morgan fingerprint density at radius 1 is 1.44 bits per heavy atom. The van der Waals surface area contributed by atoms with Crippen molar-refractivity contribution in [3.8, 4) is 0 Å². The van der Waals surface area contributed by atoms with E-state index in [0.29, 0.717) is 11.8 Å². The molecule has 1 aliphatic rings. The van der Waals surface area contributed by atoms with E-state index < -0.39 is 0 Å². The van der Waals surface area contributed by atoms with Crippen LogP contribution in [-0.4, -0.2) is 18.1 Å². The molecular formula is C12H13FN2S. The number of aromatic nitrogens is 1. The quantitative estimate of drug-likeness (QED) is 0.823. The summed E-state index contributed by atoms with van der Waals surface area (Å²) in [5.41, 5.74) is 0.917. The van der Waals surface area contributed by atoms with Crippen molar-refractivity contribution in [2.24, 2.45) is 5.92 Å². The minimum absolute atomic E-state index is 0.180. The highest BCUT2D eigenvalue weighted by atomic mass is 32.1. The Morgan fingerprint density at radius 2 is 2.31 bits per heavy atom. The fraction of sp³-hybridized carbons (Fsp3) is 0.417. The van der Waals surface area contributed by atoms with E-state index in [-0.39, 0.29) is 5.82 Å². The molecule has 1 saturated heterocycles. The largest absolute Gasteiger partial charge is 0.316 e. The number of rotatable bonds is 1. The van der Waals surface area contributed by atoms with Crippen molar-refractivity contribution in [2.45, 2.75) is 12.8 Å². The van der Waals surface area contributed by atoms with Crippen molar-refractivity contribution in [1.29, 1.82) is 0 Å². The Bertz CT molecular complexity index is 523. The lowest BCUT2D eigenvalue weighted by molar-refractivity contribution is 0.570. The van der Waals surface area contributed by atoms with Gasteiger partial charge in [-0.3, -0.25) is 0 Å². The SMILES string of the molecule is C[C@@H]1CNC[C@H]1c1nc2ccc(F)cc2s1. The van der Waals surface area contributed by atoms with E-state index in [4.69, 9.17) is 0 Å². The van der Waals surface area contributed by atoms with Crippen LogP contribution in [0.2, 0.25) is 0 Å². The van der Waals surface area contributed by atoms with Gasteiger partial charge in [0.25, 0.3) is 0 Å². The van der Waals surface area contributed by atoms with Crippen molar-refractivity contribution >= 4 is 21.6 Å². The van der Waals surface area contributed by atoms with E-state index in [1.54, 1.807) is 23.5 Å². The number of nitrogens with one attached hydrogen (secondary N) is 1. The smallest absolute Gasteiger partial charge is 0.124 e. The fourth-order valence-electron chi connectivity index (χ4n) is 2.22.